The first-order valence-corrected chi connectivity index (χ1v) is 10.9. The lowest BCUT2D eigenvalue weighted by atomic mass is 9.86. The maximum atomic E-state index is 13.1. The zero-order valence-electron chi connectivity index (χ0n) is 18.7. The Morgan fingerprint density at radius 1 is 1.07 bits per heavy atom. The van der Waals surface area contributed by atoms with Crippen molar-refractivity contribution in [2.24, 2.45) is 0 Å². The van der Waals surface area contributed by atoms with Gasteiger partial charge in [-0.3, -0.25) is 9.59 Å². The van der Waals surface area contributed by atoms with Crippen molar-refractivity contribution < 1.29 is 9.59 Å². The number of rotatable bonds is 8. The molecule has 0 saturated heterocycles. The highest BCUT2D eigenvalue weighted by molar-refractivity contribution is 6.31. The van der Waals surface area contributed by atoms with Gasteiger partial charge in [0.05, 0.1) is 0 Å². The monoisotopic (exact) mass is 428 g/mol. The van der Waals surface area contributed by atoms with Crippen molar-refractivity contribution >= 4 is 23.4 Å². The zero-order chi connectivity index (χ0) is 22.3. The Kier molecular flexibility index (Phi) is 8.48. The average Bonchev–Trinajstić information content (AvgIpc) is 2.70. The number of amides is 2. The molecular formula is C25H33ClN2O2. The number of likely N-dealkylation sites (N-methyl/N-ethyl adjacent to an activating group) is 1. The Labute approximate surface area is 185 Å². The van der Waals surface area contributed by atoms with Gasteiger partial charge >= 0.3 is 0 Å². The van der Waals surface area contributed by atoms with Crippen LogP contribution < -0.4 is 5.32 Å². The van der Waals surface area contributed by atoms with Crippen molar-refractivity contribution in [1.29, 1.82) is 0 Å². The molecule has 0 spiro atoms. The second kappa shape index (κ2) is 10.6. The molecule has 0 aliphatic rings. The third-order valence-electron chi connectivity index (χ3n) is 5.26. The number of benzene rings is 2. The quantitative estimate of drug-likeness (QED) is 0.634. The van der Waals surface area contributed by atoms with E-state index in [0.29, 0.717) is 31.0 Å². The molecule has 0 aromatic heterocycles. The molecule has 0 aliphatic heterocycles. The molecule has 0 radical (unpaired) electrons. The van der Waals surface area contributed by atoms with Crippen LogP contribution in [0, 0.1) is 0 Å². The molecule has 0 saturated carbocycles. The van der Waals surface area contributed by atoms with E-state index in [1.165, 1.54) is 5.56 Å². The van der Waals surface area contributed by atoms with Crippen LogP contribution >= 0.6 is 11.6 Å². The van der Waals surface area contributed by atoms with E-state index in [1.807, 2.05) is 25.1 Å². The van der Waals surface area contributed by atoms with Crippen LogP contribution in [0.25, 0.3) is 0 Å². The highest BCUT2D eigenvalue weighted by Gasteiger charge is 2.26. The van der Waals surface area contributed by atoms with Crippen LogP contribution in [0.4, 0.5) is 0 Å². The zero-order valence-corrected chi connectivity index (χ0v) is 19.4. The predicted octanol–water partition coefficient (Wildman–Crippen LogP) is 5.12. The summed E-state index contributed by atoms with van der Waals surface area (Å²) in [4.78, 5) is 27.2. The standard InChI is InChI=1S/C25H33ClN2O2/c1-6-27-24(30)18(2)28(17-20-9-7-8-10-22(20)26)23(29)16-13-19-11-14-21(15-12-19)25(3,4)5/h7-12,14-15,18H,6,13,16-17H2,1-5H3,(H,27,30)/t18-/m0/s1. The molecular weight excluding hydrogens is 396 g/mol. The second-order valence-electron chi connectivity index (χ2n) is 8.63. The van der Waals surface area contributed by atoms with Crippen molar-refractivity contribution in [3.63, 3.8) is 0 Å². The number of hydrogen-bond acceptors (Lipinski definition) is 2. The van der Waals surface area contributed by atoms with Crippen molar-refractivity contribution in [1.82, 2.24) is 10.2 Å². The van der Waals surface area contributed by atoms with Crippen LogP contribution in [0.5, 0.6) is 0 Å². The molecule has 0 heterocycles. The summed E-state index contributed by atoms with van der Waals surface area (Å²) in [6.07, 6.45) is 0.966. The summed E-state index contributed by atoms with van der Waals surface area (Å²) in [7, 11) is 0. The highest BCUT2D eigenvalue weighted by Crippen LogP contribution is 2.23. The molecule has 30 heavy (non-hydrogen) atoms. The first-order chi connectivity index (χ1) is 14.1. The molecule has 1 N–H and O–H groups in total. The van der Waals surface area contributed by atoms with E-state index in [1.54, 1.807) is 17.9 Å². The Hall–Kier alpha value is -2.33. The van der Waals surface area contributed by atoms with Gasteiger partial charge in [-0.25, -0.2) is 0 Å². The molecule has 0 bridgehead atoms. The van der Waals surface area contributed by atoms with E-state index in [-0.39, 0.29) is 17.2 Å². The normalized spacial score (nSPS) is 12.3. The van der Waals surface area contributed by atoms with Gasteiger partial charge in [0.1, 0.15) is 6.04 Å². The Morgan fingerprint density at radius 3 is 2.27 bits per heavy atom. The Morgan fingerprint density at radius 2 is 1.70 bits per heavy atom. The summed E-state index contributed by atoms with van der Waals surface area (Å²) >= 11 is 6.30. The first-order valence-electron chi connectivity index (χ1n) is 10.5. The summed E-state index contributed by atoms with van der Waals surface area (Å²) in [5.74, 6) is -0.221. The van der Waals surface area contributed by atoms with Crippen molar-refractivity contribution in [3.05, 3.63) is 70.2 Å². The van der Waals surface area contributed by atoms with Crippen LogP contribution in [-0.4, -0.2) is 29.3 Å². The van der Waals surface area contributed by atoms with Gasteiger partial charge in [-0.2, -0.15) is 0 Å². The fourth-order valence-electron chi connectivity index (χ4n) is 3.28. The third kappa shape index (κ3) is 6.60. The number of nitrogens with one attached hydrogen (secondary N) is 1. The van der Waals surface area contributed by atoms with E-state index in [2.05, 4.69) is 50.4 Å². The summed E-state index contributed by atoms with van der Waals surface area (Å²) in [5.41, 5.74) is 3.31. The van der Waals surface area contributed by atoms with Crippen LogP contribution in [-0.2, 0) is 28.0 Å². The van der Waals surface area contributed by atoms with Gasteiger partial charge in [0.15, 0.2) is 0 Å². The van der Waals surface area contributed by atoms with E-state index in [9.17, 15) is 9.59 Å². The molecule has 0 unspecified atom stereocenters. The number of carbonyl (C=O) groups is 2. The fraction of sp³-hybridized carbons (Fsp3) is 0.440. The van der Waals surface area contributed by atoms with Gasteiger partial charge in [-0.15, -0.1) is 0 Å². The van der Waals surface area contributed by atoms with Crippen LogP contribution in [0.2, 0.25) is 5.02 Å². The van der Waals surface area contributed by atoms with Crippen molar-refractivity contribution in [3.8, 4) is 0 Å². The van der Waals surface area contributed by atoms with Gasteiger partial charge in [0.25, 0.3) is 0 Å². The van der Waals surface area contributed by atoms with Gasteiger partial charge in [0, 0.05) is 24.5 Å². The lowest BCUT2D eigenvalue weighted by molar-refractivity contribution is -0.140. The first kappa shape index (κ1) is 23.9. The third-order valence-corrected chi connectivity index (χ3v) is 5.63. The molecule has 2 rings (SSSR count). The molecule has 0 aliphatic carbocycles. The molecule has 2 aromatic rings. The number of aryl methyl sites for hydroxylation is 1. The highest BCUT2D eigenvalue weighted by atomic mass is 35.5. The second-order valence-corrected chi connectivity index (χ2v) is 9.04. The molecule has 1 atom stereocenters. The number of hydrogen-bond donors (Lipinski definition) is 1. The van der Waals surface area contributed by atoms with Gasteiger partial charge in [-0.1, -0.05) is 74.8 Å². The predicted molar refractivity (Wildman–Crippen MR) is 124 cm³/mol. The Balaban J connectivity index is 2.13. The van der Waals surface area contributed by atoms with Crippen molar-refractivity contribution in [2.75, 3.05) is 6.54 Å². The summed E-state index contributed by atoms with van der Waals surface area (Å²) in [5, 5.41) is 3.40. The number of nitrogens with zero attached hydrogens (tertiary/aromatic N) is 1. The van der Waals surface area contributed by atoms with Crippen molar-refractivity contribution in [2.45, 2.75) is 65.5 Å². The summed E-state index contributed by atoms with van der Waals surface area (Å²) in [6.45, 7) is 11.0. The SMILES string of the molecule is CCNC(=O)[C@H](C)N(Cc1ccccc1Cl)C(=O)CCc1ccc(C(C)(C)C)cc1. The lowest BCUT2D eigenvalue weighted by Gasteiger charge is -2.29. The smallest absolute Gasteiger partial charge is 0.242 e. The average molecular weight is 429 g/mol. The van der Waals surface area contributed by atoms with Crippen LogP contribution in [0.1, 0.15) is 57.7 Å². The minimum absolute atomic E-state index is 0.0615. The maximum Gasteiger partial charge on any atom is 0.242 e. The van der Waals surface area contributed by atoms with Crippen LogP contribution in [0.15, 0.2) is 48.5 Å². The number of carbonyl (C=O) groups excluding carboxylic acids is 2. The lowest BCUT2D eigenvalue weighted by Crippen LogP contribution is -2.47. The van der Waals surface area contributed by atoms with E-state index >= 15 is 0 Å². The summed E-state index contributed by atoms with van der Waals surface area (Å²) in [6, 6.07) is 15.3. The fourth-order valence-corrected chi connectivity index (χ4v) is 3.48. The molecule has 2 amide bonds. The van der Waals surface area contributed by atoms with E-state index in [4.69, 9.17) is 11.6 Å². The minimum Gasteiger partial charge on any atom is -0.355 e. The largest absolute Gasteiger partial charge is 0.355 e. The molecule has 0 fully saturated rings. The van der Waals surface area contributed by atoms with Crippen LogP contribution in [0.3, 0.4) is 0 Å². The van der Waals surface area contributed by atoms with Gasteiger partial charge in [-0.05, 0) is 48.4 Å². The molecule has 5 heteroatoms. The van der Waals surface area contributed by atoms with Gasteiger partial charge in [0.2, 0.25) is 11.8 Å². The molecule has 2 aromatic carbocycles. The summed E-state index contributed by atoms with van der Waals surface area (Å²) < 4.78 is 0. The van der Waals surface area contributed by atoms with E-state index in [0.717, 1.165) is 11.1 Å². The Bertz CT molecular complexity index is 856. The number of halogens is 1. The van der Waals surface area contributed by atoms with E-state index < -0.39 is 6.04 Å². The topological polar surface area (TPSA) is 49.4 Å². The molecule has 4 nitrogen and oxygen atoms in total. The maximum absolute atomic E-state index is 13.1. The van der Waals surface area contributed by atoms with Gasteiger partial charge < -0.3 is 10.2 Å². The molecule has 162 valence electrons. The minimum atomic E-state index is -0.572.